The van der Waals surface area contributed by atoms with Crippen molar-refractivity contribution in [2.75, 3.05) is 40.1 Å². The van der Waals surface area contributed by atoms with E-state index in [0.29, 0.717) is 45.3 Å². The quantitative estimate of drug-likeness (QED) is 0.598. The zero-order valence-electron chi connectivity index (χ0n) is 11.2. The van der Waals surface area contributed by atoms with Crippen molar-refractivity contribution < 1.29 is 24.1 Å². The van der Waals surface area contributed by atoms with Gasteiger partial charge in [0.15, 0.2) is 5.69 Å². The van der Waals surface area contributed by atoms with Crippen molar-refractivity contribution >= 4 is 5.97 Å². The van der Waals surface area contributed by atoms with Gasteiger partial charge in [-0.1, -0.05) is 5.21 Å². The van der Waals surface area contributed by atoms with Crippen molar-refractivity contribution in [2.24, 2.45) is 0 Å². The number of nitrogens with zero attached hydrogens (tertiary/aromatic N) is 3. The van der Waals surface area contributed by atoms with Gasteiger partial charge in [-0.25, -0.2) is 9.48 Å². The van der Waals surface area contributed by atoms with Gasteiger partial charge in [0.2, 0.25) is 0 Å². The molecule has 0 radical (unpaired) electrons. The molecule has 108 valence electrons. The van der Waals surface area contributed by atoms with Crippen LogP contribution in [-0.2, 0) is 20.8 Å². The van der Waals surface area contributed by atoms with Gasteiger partial charge in [0.1, 0.15) is 0 Å². The second-order valence-corrected chi connectivity index (χ2v) is 3.77. The van der Waals surface area contributed by atoms with E-state index in [1.807, 2.05) is 0 Å². The summed E-state index contributed by atoms with van der Waals surface area (Å²) in [5.74, 6) is -1.07. The van der Waals surface area contributed by atoms with E-state index in [1.54, 1.807) is 14.0 Å². The Balaban J connectivity index is 2.14. The van der Waals surface area contributed by atoms with Gasteiger partial charge in [0, 0.05) is 7.11 Å². The van der Waals surface area contributed by atoms with Gasteiger partial charge in [-0.15, -0.1) is 5.10 Å². The molecule has 8 nitrogen and oxygen atoms in total. The van der Waals surface area contributed by atoms with Crippen molar-refractivity contribution in [1.82, 2.24) is 15.0 Å². The number of methoxy groups -OCH3 is 1. The Labute approximate surface area is 111 Å². The molecule has 0 aromatic carbocycles. The summed E-state index contributed by atoms with van der Waals surface area (Å²) in [6.45, 7) is 4.64. The van der Waals surface area contributed by atoms with Crippen LogP contribution in [0.4, 0.5) is 0 Å². The summed E-state index contributed by atoms with van der Waals surface area (Å²) < 4.78 is 16.9. The van der Waals surface area contributed by atoms with Crippen LogP contribution in [-0.4, -0.2) is 66.2 Å². The molecule has 1 aromatic rings. The predicted molar refractivity (Wildman–Crippen MR) is 65.2 cm³/mol. The number of hydrogen-bond acceptors (Lipinski definition) is 6. The van der Waals surface area contributed by atoms with Crippen LogP contribution in [0.25, 0.3) is 0 Å². The Morgan fingerprint density at radius 1 is 1.21 bits per heavy atom. The Morgan fingerprint density at radius 2 is 1.84 bits per heavy atom. The highest BCUT2D eigenvalue weighted by Crippen LogP contribution is 2.02. The number of aromatic carboxylic acids is 1. The normalized spacial score (nSPS) is 10.8. The van der Waals surface area contributed by atoms with E-state index in [0.717, 1.165) is 0 Å². The molecule has 0 bridgehead atoms. The first-order chi connectivity index (χ1) is 9.16. The molecule has 0 aliphatic carbocycles. The third kappa shape index (κ3) is 5.33. The van der Waals surface area contributed by atoms with Crippen LogP contribution in [0.15, 0.2) is 0 Å². The molecule has 19 heavy (non-hydrogen) atoms. The van der Waals surface area contributed by atoms with Crippen LogP contribution in [0.1, 0.15) is 16.2 Å². The molecule has 0 atom stereocenters. The van der Waals surface area contributed by atoms with Gasteiger partial charge in [0.05, 0.1) is 45.3 Å². The molecule has 1 N–H and O–H groups in total. The van der Waals surface area contributed by atoms with E-state index in [4.69, 9.17) is 19.3 Å². The molecule has 0 fully saturated rings. The molecule has 0 spiro atoms. The Hall–Kier alpha value is -1.51. The van der Waals surface area contributed by atoms with Crippen molar-refractivity contribution in [2.45, 2.75) is 13.5 Å². The van der Waals surface area contributed by atoms with Crippen LogP contribution in [0.2, 0.25) is 0 Å². The minimum absolute atomic E-state index is 0.0251. The number of hydrogen-bond donors (Lipinski definition) is 1. The first-order valence-electron chi connectivity index (χ1n) is 5.94. The molecule has 8 heteroatoms. The fraction of sp³-hybridized carbons (Fsp3) is 0.727. The van der Waals surface area contributed by atoms with E-state index in [-0.39, 0.29) is 5.69 Å². The number of carboxylic acid groups (broad SMARTS) is 1. The Kier molecular flexibility index (Phi) is 7.01. The molecule has 0 amide bonds. The maximum atomic E-state index is 10.8. The van der Waals surface area contributed by atoms with Crippen LogP contribution in [0, 0.1) is 6.92 Å². The molecular formula is C11H19N3O5. The summed E-state index contributed by atoms with van der Waals surface area (Å²) in [6.07, 6.45) is 0. The fourth-order valence-electron chi connectivity index (χ4n) is 1.39. The Morgan fingerprint density at radius 3 is 2.42 bits per heavy atom. The minimum atomic E-state index is -1.07. The number of carboxylic acids is 1. The lowest BCUT2D eigenvalue weighted by Gasteiger charge is -2.06. The zero-order chi connectivity index (χ0) is 14.1. The summed E-state index contributed by atoms with van der Waals surface area (Å²) in [6, 6.07) is 0. The lowest BCUT2D eigenvalue weighted by Crippen LogP contribution is -2.13. The van der Waals surface area contributed by atoms with Gasteiger partial charge < -0.3 is 19.3 Å². The summed E-state index contributed by atoms with van der Waals surface area (Å²) >= 11 is 0. The standard InChI is InChI=1S/C11H19N3O5/c1-9-10(11(15)16)12-13-14(9)3-4-18-7-8-19-6-5-17-2/h3-8H2,1-2H3,(H,15,16). The van der Waals surface area contributed by atoms with Crippen LogP contribution in [0.3, 0.4) is 0 Å². The summed E-state index contributed by atoms with van der Waals surface area (Å²) in [7, 11) is 1.62. The van der Waals surface area contributed by atoms with E-state index < -0.39 is 5.97 Å². The highest BCUT2D eigenvalue weighted by molar-refractivity contribution is 5.86. The van der Waals surface area contributed by atoms with Crippen molar-refractivity contribution in [3.8, 4) is 0 Å². The van der Waals surface area contributed by atoms with E-state index >= 15 is 0 Å². The monoisotopic (exact) mass is 273 g/mol. The first-order valence-corrected chi connectivity index (χ1v) is 5.94. The summed E-state index contributed by atoms with van der Waals surface area (Å²) in [5, 5.41) is 16.2. The van der Waals surface area contributed by atoms with E-state index in [1.165, 1.54) is 4.68 Å². The van der Waals surface area contributed by atoms with E-state index in [9.17, 15) is 4.79 Å². The largest absolute Gasteiger partial charge is 0.476 e. The molecule has 0 aliphatic heterocycles. The van der Waals surface area contributed by atoms with Gasteiger partial charge >= 0.3 is 5.97 Å². The van der Waals surface area contributed by atoms with Gasteiger partial charge in [-0.2, -0.15) is 0 Å². The molecule has 1 rings (SSSR count). The van der Waals surface area contributed by atoms with Gasteiger partial charge in [-0.05, 0) is 6.92 Å². The topological polar surface area (TPSA) is 95.7 Å². The SMILES string of the molecule is COCCOCCOCCn1nnc(C(=O)O)c1C. The van der Waals surface area contributed by atoms with Crippen molar-refractivity contribution in [3.63, 3.8) is 0 Å². The number of rotatable bonds is 10. The minimum Gasteiger partial charge on any atom is -0.476 e. The van der Waals surface area contributed by atoms with Crippen LogP contribution >= 0.6 is 0 Å². The van der Waals surface area contributed by atoms with Crippen LogP contribution in [0.5, 0.6) is 0 Å². The number of ether oxygens (including phenoxy) is 3. The first kappa shape index (κ1) is 15.5. The summed E-state index contributed by atoms with van der Waals surface area (Å²) in [5.41, 5.74) is 0.496. The van der Waals surface area contributed by atoms with E-state index in [2.05, 4.69) is 10.3 Å². The number of aromatic nitrogens is 3. The smallest absolute Gasteiger partial charge is 0.358 e. The molecule has 0 aliphatic rings. The van der Waals surface area contributed by atoms with Crippen molar-refractivity contribution in [3.05, 3.63) is 11.4 Å². The molecule has 1 heterocycles. The molecule has 0 saturated heterocycles. The highest BCUT2D eigenvalue weighted by atomic mass is 16.5. The van der Waals surface area contributed by atoms with Gasteiger partial charge in [-0.3, -0.25) is 0 Å². The number of carbonyl (C=O) groups is 1. The zero-order valence-corrected chi connectivity index (χ0v) is 11.2. The highest BCUT2D eigenvalue weighted by Gasteiger charge is 2.14. The lowest BCUT2D eigenvalue weighted by molar-refractivity contribution is 0.0223. The second kappa shape index (κ2) is 8.57. The third-order valence-corrected chi connectivity index (χ3v) is 2.44. The molecule has 0 unspecified atom stereocenters. The van der Waals surface area contributed by atoms with Crippen molar-refractivity contribution in [1.29, 1.82) is 0 Å². The maximum Gasteiger partial charge on any atom is 0.358 e. The molecule has 0 saturated carbocycles. The van der Waals surface area contributed by atoms with Crippen LogP contribution < -0.4 is 0 Å². The predicted octanol–water partition coefficient (Wildman–Crippen LogP) is -0.0357. The average molecular weight is 273 g/mol. The lowest BCUT2D eigenvalue weighted by atomic mass is 10.3. The molecular weight excluding hydrogens is 254 g/mol. The second-order valence-electron chi connectivity index (χ2n) is 3.77. The Bertz CT molecular complexity index is 394. The molecule has 1 aromatic heterocycles. The third-order valence-electron chi connectivity index (χ3n) is 2.44. The average Bonchev–Trinajstić information content (AvgIpc) is 2.74. The van der Waals surface area contributed by atoms with Gasteiger partial charge in [0.25, 0.3) is 0 Å². The fourth-order valence-corrected chi connectivity index (χ4v) is 1.39. The summed E-state index contributed by atoms with van der Waals surface area (Å²) in [4.78, 5) is 10.8. The maximum absolute atomic E-state index is 10.8.